The Morgan fingerprint density at radius 3 is 2.74 bits per heavy atom. The normalized spacial score (nSPS) is 16.9. The van der Waals surface area contributed by atoms with E-state index in [4.69, 9.17) is 5.10 Å². The van der Waals surface area contributed by atoms with E-state index in [1.54, 1.807) is 36.3 Å². The molecule has 4 aromatic heterocycles. The molecule has 1 aromatic carbocycles. The van der Waals surface area contributed by atoms with Crippen molar-refractivity contribution in [3.63, 3.8) is 0 Å². The fraction of sp³-hybridized carbons (Fsp3) is 0.333. The van der Waals surface area contributed by atoms with Crippen LogP contribution in [0.1, 0.15) is 44.4 Å². The van der Waals surface area contributed by atoms with Gasteiger partial charge in [0, 0.05) is 54.7 Å². The first-order chi connectivity index (χ1) is 18.6. The maximum Gasteiger partial charge on any atom is 0.320 e. The highest BCUT2D eigenvalue weighted by atomic mass is 32.1. The Labute approximate surface area is 228 Å². The minimum absolute atomic E-state index is 0.0788. The Morgan fingerprint density at radius 1 is 1.15 bits per heavy atom. The summed E-state index contributed by atoms with van der Waals surface area (Å²) in [5.41, 5.74) is 5.23. The van der Waals surface area contributed by atoms with E-state index >= 15 is 0 Å². The van der Waals surface area contributed by atoms with Crippen LogP contribution in [0.2, 0.25) is 0 Å². The lowest BCUT2D eigenvalue weighted by atomic mass is 9.92. The summed E-state index contributed by atoms with van der Waals surface area (Å²) in [4.78, 5) is 39.3. The van der Waals surface area contributed by atoms with Crippen molar-refractivity contribution in [1.29, 1.82) is 0 Å². The number of urea groups is 1. The van der Waals surface area contributed by atoms with Crippen molar-refractivity contribution in [1.82, 2.24) is 34.6 Å². The van der Waals surface area contributed by atoms with Crippen LogP contribution in [0.5, 0.6) is 0 Å². The number of amides is 2. The van der Waals surface area contributed by atoms with Crippen LogP contribution in [0, 0.1) is 0 Å². The second-order valence-corrected chi connectivity index (χ2v) is 11.7. The summed E-state index contributed by atoms with van der Waals surface area (Å²) in [5.74, 6) is 0.932. The topological polar surface area (TPSA) is 132 Å². The van der Waals surface area contributed by atoms with Crippen LogP contribution < -0.4 is 21.5 Å². The van der Waals surface area contributed by atoms with E-state index < -0.39 is 0 Å². The number of pyridine rings is 1. The van der Waals surface area contributed by atoms with Gasteiger partial charge in [0.2, 0.25) is 5.95 Å². The third-order valence-corrected chi connectivity index (χ3v) is 7.79. The Morgan fingerprint density at radius 2 is 1.97 bits per heavy atom. The molecule has 5 aromatic rings. The van der Waals surface area contributed by atoms with E-state index in [1.165, 1.54) is 4.57 Å². The number of hydrogen-bond donors (Lipinski definition) is 3. The van der Waals surface area contributed by atoms with Crippen LogP contribution in [-0.2, 0) is 12.5 Å². The second-order valence-electron chi connectivity index (χ2n) is 10.8. The molecule has 2 unspecified atom stereocenters. The first kappa shape index (κ1) is 25.0. The van der Waals surface area contributed by atoms with E-state index in [1.807, 2.05) is 35.8 Å². The van der Waals surface area contributed by atoms with Gasteiger partial charge in [0.25, 0.3) is 5.56 Å². The molecular weight excluding hydrogens is 514 g/mol. The van der Waals surface area contributed by atoms with Crippen LogP contribution in [0.25, 0.3) is 26.9 Å². The highest BCUT2D eigenvalue weighted by Gasteiger charge is 2.42. The van der Waals surface area contributed by atoms with Crippen molar-refractivity contribution in [3.8, 4) is 5.69 Å². The monoisotopic (exact) mass is 543 g/mol. The van der Waals surface area contributed by atoms with Crippen molar-refractivity contribution in [2.75, 3.05) is 17.7 Å². The van der Waals surface area contributed by atoms with Gasteiger partial charge >= 0.3 is 6.03 Å². The fourth-order valence-corrected chi connectivity index (χ4v) is 5.35. The van der Waals surface area contributed by atoms with E-state index in [2.05, 4.69) is 51.7 Å². The number of carbonyl (C=O) groups excluding carboxylic acids is 1. The van der Waals surface area contributed by atoms with Crippen molar-refractivity contribution in [3.05, 3.63) is 63.7 Å². The molecule has 1 saturated carbocycles. The lowest BCUT2D eigenvalue weighted by Crippen LogP contribution is -2.33. The molecule has 0 aliphatic heterocycles. The Balaban J connectivity index is 1.23. The van der Waals surface area contributed by atoms with E-state index in [-0.39, 0.29) is 29.0 Å². The molecule has 200 valence electrons. The number of carbonyl (C=O) groups is 1. The van der Waals surface area contributed by atoms with Gasteiger partial charge in [-0.15, -0.1) is 11.3 Å². The molecule has 0 saturated heterocycles. The SMILES string of the molecule is CNc1ncc2cc(C3CC3NC(=O)Nc3cc(C(C)(C)C)nn3-c3ccc4scnc4c3)c(=O)n(C)c2n1. The lowest BCUT2D eigenvalue weighted by molar-refractivity contribution is 0.251. The number of aryl methyl sites for hydroxylation is 1. The summed E-state index contributed by atoms with van der Waals surface area (Å²) in [5, 5.41) is 14.5. The average Bonchev–Trinajstić information content (AvgIpc) is 3.28. The first-order valence-electron chi connectivity index (χ1n) is 12.7. The van der Waals surface area contributed by atoms with Crippen LogP contribution >= 0.6 is 11.3 Å². The van der Waals surface area contributed by atoms with Crippen molar-refractivity contribution >= 4 is 50.4 Å². The molecule has 0 radical (unpaired) electrons. The number of benzene rings is 1. The molecule has 6 rings (SSSR count). The molecule has 4 heterocycles. The number of nitrogens with zero attached hydrogens (tertiary/aromatic N) is 6. The predicted octanol–water partition coefficient (Wildman–Crippen LogP) is 4.14. The van der Waals surface area contributed by atoms with Crippen molar-refractivity contribution in [2.45, 2.75) is 44.6 Å². The number of rotatable bonds is 5. The minimum Gasteiger partial charge on any atom is -0.357 e. The van der Waals surface area contributed by atoms with E-state index in [0.717, 1.165) is 27.0 Å². The third kappa shape index (κ3) is 4.60. The van der Waals surface area contributed by atoms with Gasteiger partial charge in [-0.2, -0.15) is 10.1 Å². The summed E-state index contributed by atoms with van der Waals surface area (Å²) < 4.78 is 4.36. The quantitative estimate of drug-likeness (QED) is 0.304. The Bertz CT molecular complexity index is 1800. The highest BCUT2D eigenvalue weighted by Crippen LogP contribution is 2.40. The fourth-order valence-electron chi connectivity index (χ4n) is 4.69. The zero-order chi connectivity index (χ0) is 27.5. The highest BCUT2D eigenvalue weighted by molar-refractivity contribution is 7.16. The second kappa shape index (κ2) is 9.16. The van der Waals surface area contributed by atoms with Crippen LogP contribution in [0.4, 0.5) is 16.6 Å². The maximum atomic E-state index is 13.1. The number of aromatic nitrogens is 6. The number of thiazole rings is 1. The zero-order valence-corrected chi connectivity index (χ0v) is 23.1. The van der Waals surface area contributed by atoms with Crippen LogP contribution in [0.15, 0.2) is 46.8 Å². The minimum atomic E-state index is -0.349. The van der Waals surface area contributed by atoms with Gasteiger partial charge in [0.05, 0.1) is 27.1 Å². The van der Waals surface area contributed by atoms with E-state index in [0.29, 0.717) is 29.4 Å². The molecule has 39 heavy (non-hydrogen) atoms. The van der Waals surface area contributed by atoms with Gasteiger partial charge in [0.15, 0.2) is 0 Å². The Hall–Kier alpha value is -4.32. The third-order valence-electron chi connectivity index (χ3n) is 6.98. The summed E-state index contributed by atoms with van der Waals surface area (Å²) in [6.45, 7) is 6.24. The van der Waals surface area contributed by atoms with Gasteiger partial charge in [0.1, 0.15) is 11.5 Å². The van der Waals surface area contributed by atoms with Gasteiger partial charge in [-0.05, 0) is 30.7 Å². The van der Waals surface area contributed by atoms with Gasteiger partial charge in [-0.3, -0.25) is 14.7 Å². The van der Waals surface area contributed by atoms with Crippen LogP contribution in [0.3, 0.4) is 0 Å². The molecule has 0 spiro atoms. The van der Waals surface area contributed by atoms with Gasteiger partial charge < -0.3 is 10.6 Å². The van der Waals surface area contributed by atoms with E-state index in [9.17, 15) is 9.59 Å². The summed E-state index contributed by atoms with van der Waals surface area (Å²) in [6.07, 6.45) is 2.38. The summed E-state index contributed by atoms with van der Waals surface area (Å²) in [6, 6.07) is 9.17. The number of nitrogens with one attached hydrogen (secondary N) is 3. The van der Waals surface area contributed by atoms with Crippen LogP contribution in [-0.4, -0.2) is 48.4 Å². The lowest BCUT2D eigenvalue weighted by Gasteiger charge is -2.14. The van der Waals surface area contributed by atoms with Crippen molar-refractivity contribution in [2.24, 2.45) is 7.05 Å². The average molecular weight is 544 g/mol. The smallest absolute Gasteiger partial charge is 0.320 e. The first-order valence-corrected chi connectivity index (χ1v) is 13.6. The standard InChI is InChI=1S/C27H29N9O2S/c1-27(2,3)21-11-22(36(34-21)15-6-7-20-19(9-15)30-13-39-20)32-26(38)31-18-10-16(18)17-8-14-12-29-25(28-4)33-23(14)35(5)24(17)37/h6-9,11-13,16,18H,10H2,1-5H3,(H,28,29,33)(H2,31,32,38). The number of anilines is 2. The summed E-state index contributed by atoms with van der Waals surface area (Å²) >= 11 is 1.58. The predicted molar refractivity (Wildman–Crippen MR) is 153 cm³/mol. The molecule has 0 bridgehead atoms. The molecule has 1 aliphatic carbocycles. The zero-order valence-electron chi connectivity index (χ0n) is 22.3. The van der Waals surface area contributed by atoms with Gasteiger partial charge in [-0.1, -0.05) is 20.8 Å². The molecule has 1 aliphatic rings. The maximum absolute atomic E-state index is 13.1. The molecule has 2 amide bonds. The molecular formula is C27H29N9O2S. The molecule has 1 fully saturated rings. The Kier molecular flexibility index (Phi) is 5.87. The number of hydrogen-bond acceptors (Lipinski definition) is 8. The number of fused-ring (bicyclic) bond motifs is 2. The molecule has 2 atom stereocenters. The largest absolute Gasteiger partial charge is 0.357 e. The van der Waals surface area contributed by atoms with Gasteiger partial charge in [-0.25, -0.2) is 19.4 Å². The van der Waals surface area contributed by atoms with Crippen molar-refractivity contribution < 1.29 is 4.79 Å². The molecule has 12 heteroatoms. The summed E-state index contributed by atoms with van der Waals surface area (Å²) in [7, 11) is 3.44. The molecule has 3 N–H and O–H groups in total. The molecule has 11 nitrogen and oxygen atoms in total.